The van der Waals surface area contributed by atoms with Crippen molar-refractivity contribution in [2.75, 3.05) is 24.5 Å². The number of aromatic amines is 1. The molecule has 1 atom stereocenters. The number of piperidine rings is 2. The van der Waals surface area contributed by atoms with Crippen LogP contribution in [-0.2, 0) is 0 Å². The highest BCUT2D eigenvalue weighted by Crippen LogP contribution is 2.35. The molecule has 0 radical (unpaired) electrons. The molecule has 0 amide bonds. The highest BCUT2D eigenvalue weighted by atomic mass is 32.1. The van der Waals surface area contributed by atoms with Gasteiger partial charge in [-0.3, -0.25) is 0 Å². The van der Waals surface area contributed by atoms with Crippen LogP contribution in [0, 0.1) is 5.41 Å². The average Bonchev–Trinajstić information content (AvgIpc) is 3.07. The summed E-state index contributed by atoms with van der Waals surface area (Å²) < 4.78 is 0. The number of aromatic nitrogens is 2. The zero-order valence-corrected chi connectivity index (χ0v) is 15.3. The second-order valence-electron chi connectivity index (χ2n) is 7.17. The van der Waals surface area contributed by atoms with Gasteiger partial charge >= 0.3 is 0 Å². The van der Waals surface area contributed by atoms with Crippen molar-refractivity contribution in [2.45, 2.75) is 37.6 Å². The van der Waals surface area contributed by atoms with Gasteiger partial charge in [0.15, 0.2) is 0 Å². The van der Waals surface area contributed by atoms with Crippen LogP contribution in [0.2, 0.25) is 0 Å². The summed E-state index contributed by atoms with van der Waals surface area (Å²) in [5.41, 5.74) is 3.63. The van der Waals surface area contributed by atoms with Crippen LogP contribution in [0.3, 0.4) is 0 Å². The van der Waals surface area contributed by atoms with Gasteiger partial charge in [0.25, 0.3) is 0 Å². The van der Waals surface area contributed by atoms with Crippen molar-refractivity contribution in [1.29, 1.82) is 5.41 Å². The van der Waals surface area contributed by atoms with E-state index in [1.807, 2.05) is 12.4 Å². The third-order valence-electron chi connectivity index (χ3n) is 5.58. The Labute approximate surface area is 153 Å². The van der Waals surface area contributed by atoms with E-state index in [1.165, 1.54) is 37.8 Å². The molecular formula is C19H25N5S. The molecule has 4 heterocycles. The minimum Gasteiger partial charge on any atom is -0.369 e. The first-order valence-electron chi connectivity index (χ1n) is 9.08. The van der Waals surface area contributed by atoms with E-state index in [0.29, 0.717) is 5.71 Å². The first-order valence-corrected chi connectivity index (χ1v) is 9.60. The van der Waals surface area contributed by atoms with Crippen LogP contribution in [0.4, 0.5) is 5.69 Å². The fraction of sp³-hybridized carbons (Fsp3) is 0.474. The van der Waals surface area contributed by atoms with Crippen molar-refractivity contribution in [2.24, 2.45) is 0 Å². The number of pyridine rings is 1. The molecule has 0 aromatic carbocycles. The Hall–Kier alpha value is -1.79. The predicted octanol–water partition coefficient (Wildman–Crippen LogP) is 3.49. The molecule has 2 aliphatic rings. The monoisotopic (exact) mass is 355 g/mol. The van der Waals surface area contributed by atoms with Crippen molar-refractivity contribution >= 4 is 35.1 Å². The number of hydrogen-bond donors (Lipinski definition) is 4. The first-order chi connectivity index (χ1) is 12.2. The second kappa shape index (κ2) is 6.84. The van der Waals surface area contributed by atoms with Gasteiger partial charge in [-0.1, -0.05) is 6.42 Å². The lowest BCUT2D eigenvalue weighted by atomic mass is 9.81. The summed E-state index contributed by atoms with van der Waals surface area (Å²) in [7, 11) is 0. The van der Waals surface area contributed by atoms with E-state index in [0.717, 1.165) is 36.2 Å². The molecule has 0 unspecified atom stereocenters. The number of H-pyrrole nitrogens is 1. The van der Waals surface area contributed by atoms with Gasteiger partial charge < -0.3 is 20.6 Å². The van der Waals surface area contributed by atoms with Gasteiger partial charge in [0, 0.05) is 36.6 Å². The van der Waals surface area contributed by atoms with E-state index in [1.54, 1.807) is 11.5 Å². The number of hydrogen-bond acceptors (Lipinski definition) is 5. The number of nitrogens with one attached hydrogen (secondary N) is 3. The topological polar surface area (TPSA) is 67.8 Å². The Morgan fingerprint density at radius 3 is 3.00 bits per heavy atom. The summed E-state index contributed by atoms with van der Waals surface area (Å²) in [5.74, 6) is 0. The maximum Gasteiger partial charge on any atom is 0.140 e. The molecule has 2 saturated heterocycles. The Kier molecular flexibility index (Phi) is 4.56. The molecule has 6 heteroatoms. The summed E-state index contributed by atoms with van der Waals surface area (Å²) in [6.07, 6.45) is 11.8. The van der Waals surface area contributed by atoms with Crippen LogP contribution in [-0.4, -0.2) is 40.9 Å². The number of nitrogens with zero attached hydrogens (tertiary/aromatic N) is 2. The van der Waals surface area contributed by atoms with E-state index in [2.05, 4.69) is 38.9 Å². The third-order valence-corrected chi connectivity index (χ3v) is 5.73. The quantitative estimate of drug-likeness (QED) is 0.503. The number of thiol groups is 1. The van der Waals surface area contributed by atoms with Gasteiger partial charge in [0.05, 0.1) is 16.8 Å². The number of fused-ring (bicyclic) bond motifs is 1. The van der Waals surface area contributed by atoms with Gasteiger partial charge in [0.1, 0.15) is 5.65 Å². The fourth-order valence-electron chi connectivity index (χ4n) is 4.40. The van der Waals surface area contributed by atoms with Crippen molar-refractivity contribution in [3.63, 3.8) is 0 Å². The molecule has 132 valence electrons. The Bertz CT molecular complexity index is 798. The van der Waals surface area contributed by atoms with Crippen LogP contribution >= 0.6 is 12.6 Å². The molecule has 3 N–H and O–H groups in total. The maximum absolute atomic E-state index is 8.31. The molecule has 0 saturated carbocycles. The van der Waals surface area contributed by atoms with E-state index in [9.17, 15) is 0 Å². The molecule has 2 aromatic heterocycles. The normalized spacial score (nSPS) is 24.4. The standard InChI is InChI=1S/C19H25N5S/c20-15(5-11-25)14-12-22-18-17(14)16(4-9-21-18)24-10-3-7-19(13-24)6-1-2-8-23-19/h4-5,9,11-12,20,23,25H,1-3,6-8,10,13H2,(H,21,22)/b11-5-,20-15?/t19-/m0/s1. The highest BCUT2D eigenvalue weighted by molar-refractivity contribution is 7.83. The van der Waals surface area contributed by atoms with Crippen LogP contribution in [0.1, 0.15) is 37.7 Å². The van der Waals surface area contributed by atoms with E-state index in [-0.39, 0.29) is 5.54 Å². The lowest BCUT2D eigenvalue weighted by Crippen LogP contribution is -2.59. The summed E-state index contributed by atoms with van der Waals surface area (Å²) in [6, 6.07) is 2.10. The molecule has 2 aliphatic heterocycles. The van der Waals surface area contributed by atoms with Crippen LogP contribution in [0.25, 0.3) is 11.0 Å². The van der Waals surface area contributed by atoms with Gasteiger partial charge in [-0.2, -0.15) is 12.6 Å². The molecular weight excluding hydrogens is 330 g/mol. The largest absolute Gasteiger partial charge is 0.369 e. The van der Waals surface area contributed by atoms with Crippen LogP contribution in [0.5, 0.6) is 0 Å². The van der Waals surface area contributed by atoms with Gasteiger partial charge in [-0.25, -0.2) is 4.98 Å². The Morgan fingerprint density at radius 2 is 2.20 bits per heavy atom. The summed E-state index contributed by atoms with van der Waals surface area (Å²) in [5, 5.41) is 14.8. The highest BCUT2D eigenvalue weighted by Gasteiger charge is 2.36. The summed E-state index contributed by atoms with van der Waals surface area (Å²) in [6.45, 7) is 3.22. The Balaban J connectivity index is 1.73. The maximum atomic E-state index is 8.31. The fourth-order valence-corrected chi connectivity index (χ4v) is 4.54. The van der Waals surface area contributed by atoms with Crippen molar-refractivity contribution in [3.05, 3.63) is 35.5 Å². The molecule has 0 aliphatic carbocycles. The third kappa shape index (κ3) is 3.09. The minimum absolute atomic E-state index is 0.251. The number of anilines is 1. The summed E-state index contributed by atoms with van der Waals surface area (Å²) >= 11 is 4.11. The molecule has 1 spiro atoms. The van der Waals surface area contributed by atoms with Gasteiger partial charge in [0.2, 0.25) is 0 Å². The minimum atomic E-state index is 0.251. The van der Waals surface area contributed by atoms with Gasteiger partial charge in [-0.05, 0) is 49.8 Å². The SMILES string of the molecule is N=C(/C=C\S)c1c[nH]c2nccc(N3CCC[C@@]4(CCCCN4)C3)c12. The summed E-state index contributed by atoms with van der Waals surface area (Å²) in [4.78, 5) is 10.2. The van der Waals surface area contributed by atoms with Crippen molar-refractivity contribution in [3.8, 4) is 0 Å². The zero-order valence-electron chi connectivity index (χ0n) is 14.4. The van der Waals surface area contributed by atoms with E-state index < -0.39 is 0 Å². The van der Waals surface area contributed by atoms with E-state index in [4.69, 9.17) is 5.41 Å². The predicted molar refractivity (Wildman–Crippen MR) is 107 cm³/mol. The lowest BCUT2D eigenvalue weighted by molar-refractivity contribution is 0.216. The Morgan fingerprint density at radius 1 is 1.32 bits per heavy atom. The smallest absolute Gasteiger partial charge is 0.140 e. The second-order valence-corrected chi connectivity index (χ2v) is 7.47. The molecule has 2 aromatic rings. The molecule has 0 bridgehead atoms. The van der Waals surface area contributed by atoms with E-state index >= 15 is 0 Å². The lowest BCUT2D eigenvalue weighted by Gasteiger charge is -2.47. The molecule has 25 heavy (non-hydrogen) atoms. The van der Waals surface area contributed by atoms with Crippen LogP contribution in [0.15, 0.2) is 29.9 Å². The molecule has 4 rings (SSSR count). The zero-order chi connectivity index (χ0) is 17.3. The number of rotatable bonds is 3. The number of allylic oxidation sites excluding steroid dienone is 1. The molecule has 5 nitrogen and oxygen atoms in total. The first kappa shape index (κ1) is 16.7. The van der Waals surface area contributed by atoms with Crippen LogP contribution < -0.4 is 10.2 Å². The van der Waals surface area contributed by atoms with Gasteiger partial charge in [-0.15, -0.1) is 0 Å². The van der Waals surface area contributed by atoms with Crippen molar-refractivity contribution in [1.82, 2.24) is 15.3 Å². The van der Waals surface area contributed by atoms with Crippen molar-refractivity contribution < 1.29 is 0 Å². The molecule has 2 fully saturated rings. The average molecular weight is 356 g/mol.